The van der Waals surface area contributed by atoms with Crippen molar-refractivity contribution in [1.29, 1.82) is 0 Å². The van der Waals surface area contributed by atoms with Crippen LogP contribution >= 0.6 is 0 Å². The first kappa shape index (κ1) is 16.0. The molecule has 0 aliphatic carbocycles. The van der Waals surface area contributed by atoms with Gasteiger partial charge in [-0.1, -0.05) is 55.1 Å². The lowest BCUT2D eigenvalue weighted by Gasteiger charge is -2.27. The van der Waals surface area contributed by atoms with Crippen molar-refractivity contribution < 1.29 is 11.0 Å². The van der Waals surface area contributed by atoms with Crippen molar-refractivity contribution in [2.75, 3.05) is 0 Å². The van der Waals surface area contributed by atoms with Crippen LogP contribution in [0.2, 0.25) is 0 Å². The molecule has 0 saturated carbocycles. The Morgan fingerprint density at radius 1 is 1.21 bits per heavy atom. The number of amides is 2. The largest absolute Gasteiger partial charge is 0.350 e. The zero-order valence-corrected chi connectivity index (χ0v) is 13.7. The average molecular weight is 322 g/mol. The van der Waals surface area contributed by atoms with E-state index in [4.69, 9.17) is 0 Å². The summed E-state index contributed by atoms with van der Waals surface area (Å²) in [6.45, 7) is 6.56. The van der Waals surface area contributed by atoms with Crippen LogP contribution in [0.4, 0.5) is 0 Å². The molecule has 1 aliphatic rings. The van der Waals surface area contributed by atoms with Crippen LogP contribution in [0, 0.1) is 0 Å². The van der Waals surface area contributed by atoms with Crippen LogP contribution in [0.3, 0.4) is 0 Å². The third-order valence-electron chi connectivity index (χ3n) is 4.19. The van der Waals surface area contributed by atoms with Crippen LogP contribution in [-0.4, -0.2) is 22.8 Å². The fraction of sp³-hybridized carbons (Fsp3) is 0.200. The van der Waals surface area contributed by atoms with Gasteiger partial charge in [0.1, 0.15) is 6.04 Å². The standard InChI is InChI=1S/C20H20N2O2.H2/c1-14(2)18(19(23)21-12-15-8-4-3-5-9-15)22-13-16-10-6-7-11-17(16)20(22)24;/h3-11,18H,1,12-13H2,2H3,(H,21,23);1H/t18-;/m1./s1. The fourth-order valence-corrected chi connectivity index (χ4v) is 3.00. The molecular formula is C20H22N2O2. The first-order valence-corrected chi connectivity index (χ1v) is 7.94. The Bertz CT molecular complexity index is 789. The summed E-state index contributed by atoms with van der Waals surface area (Å²) in [5, 5.41) is 2.91. The van der Waals surface area contributed by atoms with Gasteiger partial charge < -0.3 is 10.2 Å². The molecule has 0 aromatic heterocycles. The number of benzene rings is 2. The Hall–Kier alpha value is -2.88. The molecule has 1 atom stereocenters. The van der Waals surface area contributed by atoms with E-state index >= 15 is 0 Å². The smallest absolute Gasteiger partial charge is 0.255 e. The number of rotatable bonds is 5. The Balaban J connectivity index is 0.00000225. The minimum atomic E-state index is -0.659. The first-order chi connectivity index (χ1) is 11.6. The minimum Gasteiger partial charge on any atom is -0.350 e. The summed E-state index contributed by atoms with van der Waals surface area (Å²) >= 11 is 0. The number of nitrogens with one attached hydrogen (secondary N) is 1. The molecule has 2 amide bonds. The molecule has 2 aromatic rings. The van der Waals surface area contributed by atoms with Crippen molar-refractivity contribution in [2.45, 2.75) is 26.1 Å². The van der Waals surface area contributed by atoms with E-state index < -0.39 is 6.04 Å². The third kappa shape index (κ3) is 3.08. The van der Waals surface area contributed by atoms with Crippen molar-refractivity contribution >= 4 is 11.8 Å². The van der Waals surface area contributed by atoms with Crippen molar-refractivity contribution in [1.82, 2.24) is 10.2 Å². The minimum absolute atomic E-state index is 0. The molecule has 0 unspecified atom stereocenters. The summed E-state index contributed by atoms with van der Waals surface area (Å²) < 4.78 is 0. The van der Waals surface area contributed by atoms with E-state index in [1.54, 1.807) is 17.9 Å². The molecule has 0 fully saturated rings. The van der Waals surface area contributed by atoms with Gasteiger partial charge >= 0.3 is 0 Å². The maximum Gasteiger partial charge on any atom is 0.255 e. The molecule has 1 aliphatic heterocycles. The van der Waals surface area contributed by atoms with Crippen molar-refractivity contribution in [2.24, 2.45) is 0 Å². The lowest BCUT2D eigenvalue weighted by atomic mass is 10.1. The molecule has 3 rings (SSSR count). The molecule has 0 radical (unpaired) electrons. The molecule has 0 spiro atoms. The third-order valence-corrected chi connectivity index (χ3v) is 4.19. The average Bonchev–Trinajstić information content (AvgIpc) is 2.91. The Morgan fingerprint density at radius 3 is 2.54 bits per heavy atom. The molecule has 4 nitrogen and oxygen atoms in total. The van der Waals surface area contributed by atoms with Gasteiger partial charge in [0.05, 0.1) is 0 Å². The fourth-order valence-electron chi connectivity index (χ4n) is 3.00. The van der Waals surface area contributed by atoms with Crippen LogP contribution in [0.1, 0.15) is 29.8 Å². The van der Waals surface area contributed by atoms with Crippen molar-refractivity contribution in [3.63, 3.8) is 0 Å². The van der Waals surface area contributed by atoms with Gasteiger partial charge in [-0.15, -0.1) is 0 Å². The van der Waals surface area contributed by atoms with E-state index in [1.807, 2.05) is 48.5 Å². The van der Waals surface area contributed by atoms with Gasteiger partial charge in [0.2, 0.25) is 5.91 Å². The maximum absolute atomic E-state index is 12.7. The van der Waals surface area contributed by atoms with Gasteiger partial charge in [-0.2, -0.15) is 0 Å². The molecule has 1 N–H and O–H groups in total. The second-order valence-electron chi connectivity index (χ2n) is 6.04. The Morgan fingerprint density at radius 2 is 1.88 bits per heavy atom. The Labute approximate surface area is 143 Å². The predicted octanol–water partition coefficient (Wildman–Crippen LogP) is 3.15. The zero-order chi connectivity index (χ0) is 17.1. The second-order valence-corrected chi connectivity index (χ2v) is 6.04. The normalized spacial score (nSPS) is 14.2. The van der Waals surface area contributed by atoms with E-state index in [0.29, 0.717) is 24.2 Å². The summed E-state index contributed by atoms with van der Waals surface area (Å²) in [5.74, 6) is -0.319. The van der Waals surface area contributed by atoms with Crippen LogP contribution in [0.25, 0.3) is 0 Å². The van der Waals surface area contributed by atoms with E-state index in [1.165, 1.54) is 0 Å². The SMILES string of the molecule is C=C(C)[C@H](C(=O)NCc1ccccc1)N1Cc2ccccc2C1=O.[HH]. The van der Waals surface area contributed by atoms with Crippen LogP contribution in [-0.2, 0) is 17.9 Å². The van der Waals surface area contributed by atoms with Crippen LogP contribution in [0.15, 0.2) is 66.7 Å². The highest BCUT2D eigenvalue weighted by molar-refractivity contribution is 6.01. The van der Waals surface area contributed by atoms with E-state index in [-0.39, 0.29) is 13.2 Å². The van der Waals surface area contributed by atoms with Gasteiger partial charge in [-0.3, -0.25) is 9.59 Å². The highest BCUT2D eigenvalue weighted by Crippen LogP contribution is 2.26. The molecule has 2 aromatic carbocycles. The first-order valence-electron chi connectivity index (χ1n) is 7.94. The quantitative estimate of drug-likeness (QED) is 0.860. The molecule has 4 heteroatoms. The summed E-state index contributed by atoms with van der Waals surface area (Å²) in [7, 11) is 0. The number of carbonyl (C=O) groups excluding carboxylic acids is 2. The second kappa shape index (κ2) is 6.71. The van der Waals surface area contributed by atoms with Crippen molar-refractivity contribution in [3.8, 4) is 0 Å². The monoisotopic (exact) mass is 322 g/mol. The summed E-state index contributed by atoms with van der Waals surface area (Å²) in [6, 6.07) is 16.5. The molecule has 1 heterocycles. The van der Waals surface area contributed by atoms with Gasteiger partial charge in [0, 0.05) is 20.1 Å². The lowest BCUT2D eigenvalue weighted by Crippen LogP contribution is -2.47. The zero-order valence-electron chi connectivity index (χ0n) is 13.7. The van der Waals surface area contributed by atoms with Crippen molar-refractivity contribution in [3.05, 3.63) is 83.4 Å². The molecule has 0 saturated heterocycles. The highest BCUT2D eigenvalue weighted by Gasteiger charge is 2.36. The van der Waals surface area contributed by atoms with Crippen LogP contribution in [0.5, 0.6) is 0 Å². The molecular weight excluding hydrogens is 300 g/mol. The molecule has 24 heavy (non-hydrogen) atoms. The van der Waals surface area contributed by atoms with Crippen LogP contribution < -0.4 is 5.32 Å². The molecule has 124 valence electrons. The molecule has 0 bridgehead atoms. The Kier molecular flexibility index (Phi) is 4.47. The van der Waals surface area contributed by atoms with E-state index in [0.717, 1.165) is 11.1 Å². The van der Waals surface area contributed by atoms with E-state index in [9.17, 15) is 9.59 Å². The summed E-state index contributed by atoms with van der Waals surface area (Å²) in [6.07, 6.45) is 0. The number of nitrogens with zero attached hydrogens (tertiary/aromatic N) is 1. The topological polar surface area (TPSA) is 49.4 Å². The summed E-state index contributed by atoms with van der Waals surface area (Å²) in [4.78, 5) is 26.9. The van der Waals surface area contributed by atoms with Gasteiger partial charge in [-0.25, -0.2) is 0 Å². The number of hydrogen-bond donors (Lipinski definition) is 1. The number of fused-ring (bicyclic) bond motifs is 1. The highest BCUT2D eigenvalue weighted by atomic mass is 16.2. The lowest BCUT2D eigenvalue weighted by molar-refractivity contribution is -0.124. The number of hydrogen-bond acceptors (Lipinski definition) is 2. The van der Waals surface area contributed by atoms with Gasteiger partial charge in [0.15, 0.2) is 0 Å². The number of carbonyl (C=O) groups is 2. The van der Waals surface area contributed by atoms with Gasteiger partial charge in [0.25, 0.3) is 5.91 Å². The predicted molar refractivity (Wildman–Crippen MR) is 95.3 cm³/mol. The van der Waals surface area contributed by atoms with E-state index in [2.05, 4.69) is 11.9 Å². The maximum atomic E-state index is 12.7. The summed E-state index contributed by atoms with van der Waals surface area (Å²) in [5.41, 5.74) is 3.29. The van der Waals surface area contributed by atoms with Gasteiger partial charge in [-0.05, 0) is 29.7 Å².